The second-order valence-corrected chi connectivity index (χ2v) is 9.64. The van der Waals surface area contributed by atoms with Crippen LogP contribution in [-0.4, -0.2) is 50.6 Å². The van der Waals surface area contributed by atoms with Gasteiger partial charge in [-0.1, -0.05) is 90.4 Å². The molecule has 0 radical (unpaired) electrons. The van der Waals surface area contributed by atoms with Gasteiger partial charge < -0.3 is 24.3 Å². The van der Waals surface area contributed by atoms with Gasteiger partial charge in [0.05, 0.1) is 0 Å². The lowest BCUT2D eigenvalue weighted by Gasteiger charge is -2.25. The maximum atomic E-state index is 6.01. The summed E-state index contributed by atoms with van der Waals surface area (Å²) >= 11 is 0. The standard InChI is InChI=1S/C25H49NO4/c1-5-6-7-8-9-10-11-12-13-14-15-16-17-18-19-26-20-21-22(27-4)23-24(28-21)30-25(2,3)29-23/h21-24,26H,5-20H2,1-4H3/t21-,22+,23-,24-/m1/s1. The van der Waals surface area contributed by atoms with Crippen LogP contribution >= 0.6 is 0 Å². The highest BCUT2D eigenvalue weighted by Gasteiger charge is 2.54. The molecule has 4 atom stereocenters. The van der Waals surface area contributed by atoms with Gasteiger partial charge in [0.1, 0.15) is 18.3 Å². The molecule has 30 heavy (non-hydrogen) atoms. The summed E-state index contributed by atoms with van der Waals surface area (Å²) in [6, 6.07) is 0. The highest BCUT2D eigenvalue weighted by Crippen LogP contribution is 2.38. The van der Waals surface area contributed by atoms with Crippen LogP contribution in [0.25, 0.3) is 0 Å². The number of unbranched alkanes of at least 4 members (excludes halogenated alkanes) is 13. The van der Waals surface area contributed by atoms with Crippen molar-refractivity contribution in [3.8, 4) is 0 Å². The van der Waals surface area contributed by atoms with Crippen molar-refractivity contribution in [1.82, 2.24) is 5.32 Å². The molecule has 0 saturated carbocycles. The average Bonchev–Trinajstić information content (AvgIpc) is 3.18. The molecule has 5 heteroatoms. The molecule has 5 nitrogen and oxygen atoms in total. The molecule has 0 aliphatic carbocycles. The zero-order valence-corrected chi connectivity index (χ0v) is 20.3. The molecule has 0 spiro atoms. The lowest BCUT2D eigenvalue weighted by Crippen LogP contribution is -2.41. The van der Waals surface area contributed by atoms with E-state index in [0.717, 1.165) is 13.1 Å². The number of fused-ring (bicyclic) bond motifs is 1. The van der Waals surface area contributed by atoms with Gasteiger partial charge in [-0.05, 0) is 26.8 Å². The van der Waals surface area contributed by atoms with Crippen molar-refractivity contribution < 1.29 is 18.9 Å². The largest absolute Gasteiger partial charge is 0.376 e. The normalized spacial score (nSPS) is 27.6. The van der Waals surface area contributed by atoms with Crippen LogP contribution < -0.4 is 5.32 Å². The van der Waals surface area contributed by atoms with Gasteiger partial charge in [0.15, 0.2) is 12.1 Å². The Morgan fingerprint density at radius 2 is 1.30 bits per heavy atom. The molecule has 0 aromatic carbocycles. The zero-order chi connectivity index (χ0) is 21.7. The monoisotopic (exact) mass is 427 g/mol. The Bertz CT molecular complexity index is 431. The first-order chi connectivity index (χ1) is 14.6. The van der Waals surface area contributed by atoms with Gasteiger partial charge in [-0.3, -0.25) is 0 Å². The molecule has 0 unspecified atom stereocenters. The summed E-state index contributed by atoms with van der Waals surface area (Å²) in [6.07, 6.45) is 19.0. The van der Waals surface area contributed by atoms with Crippen molar-refractivity contribution in [2.24, 2.45) is 0 Å². The van der Waals surface area contributed by atoms with Gasteiger partial charge in [0, 0.05) is 13.7 Å². The van der Waals surface area contributed by atoms with Crippen molar-refractivity contribution >= 4 is 0 Å². The molecule has 2 aliphatic rings. The Morgan fingerprint density at radius 1 is 0.767 bits per heavy atom. The van der Waals surface area contributed by atoms with Gasteiger partial charge in [0.25, 0.3) is 0 Å². The van der Waals surface area contributed by atoms with E-state index in [1.165, 1.54) is 89.9 Å². The van der Waals surface area contributed by atoms with Gasteiger partial charge in [-0.25, -0.2) is 0 Å². The predicted molar refractivity (Wildman–Crippen MR) is 123 cm³/mol. The van der Waals surface area contributed by atoms with E-state index in [1.807, 2.05) is 13.8 Å². The summed E-state index contributed by atoms with van der Waals surface area (Å²) in [7, 11) is 1.73. The molecule has 2 rings (SSSR count). The fourth-order valence-electron chi connectivity index (χ4n) is 4.69. The van der Waals surface area contributed by atoms with E-state index in [1.54, 1.807) is 7.11 Å². The predicted octanol–water partition coefficient (Wildman–Crippen LogP) is 5.95. The third-order valence-corrected chi connectivity index (χ3v) is 6.41. The summed E-state index contributed by atoms with van der Waals surface area (Å²) in [5, 5.41) is 3.53. The first-order valence-electron chi connectivity index (χ1n) is 12.8. The van der Waals surface area contributed by atoms with Gasteiger partial charge in [0.2, 0.25) is 0 Å². The maximum absolute atomic E-state index is 6.01. The smallest absolute Gasteiger partial charge is 0.190 e. The number of hydrogen-bond donors (Lipinski definition) is 1. The van der Waals surface area contributed by atoms with Crippen molar-refractivity contribution in [3.63, 3.8) is 0 Å². The number of hydrogen-bond acceptors (Lipinski definition) is 5. The lowest BCUT2D eigenvalue weighted by atomic mass is 10.0. The van der Waals surface area contributed by atoms with E-state index in [4.69, 9.17) is 18.9 Å². The van der Waals surface area contributed by atoms with E-state index < -0.39 is 5.79 Å². The minimum Gasteiger partial charge on any atom is -0.376 e. The summed E-state index contributed by atoms with van der Waals surface area (Å²) in [5.41, 5.74) is 0. The Balaban J connectivity index is 1.36. The lowest BCUT2D eigenvalue weighted by molar-refractivity contribution is -0.215. The summed E-state index contributed by atoms with van der Waals surface area (Å²) < 4.78 is 23.4. The van der Waals surface area contributed by atoms with E-state index in [-0.39, 0.29) is 24.6 Å². The molecule has 2 heterocycles. The second-order valence-electron chi connectivity index (χ2n) is 9.64. The Labute approximate surface area is 185 Å². The number of ether oxygens (including phenoxy) is 4. The molecule has 178 valence electrons. The quantitative estimate of drug-likeness (QED) is 0.274. The molecule has 2 fully saturated rings. The van der Waals surface area contributed by atoms with Gasteiger partial charge in [-0.2, -0.15) is 0 Å². The molecular weight excluding hydrogens is 378 g/mol. The van der Waals surface area contributed by atoms with Crippen molar-refractivity contribution in [1.29, 1.82) is 0 Å². The van der Waals surface area contributed by atoms with Crippen LogP contribution in [0.1, 0.15) is 111 Å². The van der Waals surface area contributed by atoms with Crippen molar-refractivity contribution in [2.75, 3.05) is 20.2 Å². The average molecular weight is 428 g/mol. The Kier molecular flexibility index (Phi) is 12.8. The Hall–Kier alpha value is -0.200. The number of nitrogens with one attached hydrogen (secondary N) is 1. The van der Waals surface area contributed by atoms with E-state index in [0.29, 0.717) is 0 Å². The van der Waals surface area contributed by atoms with Gasteiger partial charge in [-0.15, -0.1) is 0 Å². The van der Waals surface area contributed by atoms with Crippen LogP contribution in [0.2, 0.25) is 0 Å². The molecule has 0 aromatic heterocycles. The van der Waals surface area contributed by atoms with E-state index >= 15 is 0 Å². The minimum absolute atomic E-state index is 0.00672. The summed E-state index contributed by atoms with van der Waals surface area (Å²) in [6.45, 7) is 7.96. The van der Waals surface area contributed by atoms with Crippen LogP contribution in [-0.2, 0) is 18.9 Å². The maximum Gasteiger partial charge on any atom is 0.190 e. The van der Waals surface area contributed by atoms with Crippen LogP contribution in [0, 0.1) is 0 Å². The minimum atomic E-state index is -0.585. The number of rotatable bonds is 18. The van der Waals surface area contributed by atoms with Crippen molar-refractivity contribution in [2.45, 2.75) is 141 Å². The molecule has 0 aromatic rings. The molecule has 2 aliphatic heterocycles. The SMILES string of the molecule is CCCCCCCCCCCCCCCCNC[C@H]1O[C@@H]2OC(C)(C)O[C@@H]2[C@H]1OC. The molecule has 0 bridgehead atoms. The summed E-state index contributed by atoms with van der Waals surface area (Å²) in [4.78, 5) is 0. The molecule has 0 amide bonds. The first kappa shape index (κ1) is 26.1. The highest BCUT2D eigenvalue weighted by molar-refractivity contribution is 4.94. The van der Waals surface area contributed by atoms with Crippen LogP contribution in [0.3, 0.4) is 0 Å². The van der Waals surface area contributed by atoms with Crippen LogP contribution in [0.15, 0.2) is 0 Å². The van der Waals surface area contributed by atoms with Crippen molar-refractivity contribution in [3.05, 3.63) is 0 Å². The second kappa shape index (κ2) is 14.8. The van der Waals surface area contributed by atoms with Gasteiger partial charge >= 0.3 is 0 Å². The molecule has 2 saturated heterocycles. The zero-order valence-electron chi connectivity index (χ0n) is 20.3. The fraction of sp³-hybridized carbons (Fsp3) is 1.00. The third-order valence-electron chi connectivity index (χ3n) is 6.41. The molecular formula is C25H49NO4. The van der Waals surface area contributed by atoms with E-state index in [9.17, 15) is 0 Å². The fourth-order valence-corrected chi connectivity index (χ4v) is 4.69. The van der Waals surface area contributed by atoms with E-state index in [2.05, 4.69) is 12.2 Å². The van der Waals surface area contributed by atoms with Crippen LogP contribution in [0.4, 0.5) is 0 Å². The van der Waals surface area contributed by atoms with Crippen LogP contribution in [0.5, 0.6) is 0 Å². The topological polar surface area (TPSA) is 49.0 Å². The number of methoxy groups -OCH3 is 1. The highest BCUT2D eigenvalue weighted by atomic mass is 16.8. The third kappa shape index (κ3) is 9.52. The first-order valence-corrected chi connectivity index (χ1v) is 12.8. The Morgan fingerprint density at radius 3 is 1.83 bits per heavy atom. The summed E-state index contributed by atoms with van der Waals surface area (Å²) in [5.74, 6) is -0.585. The molecule has 1 N–H and O–H groups in total.